The van der Waals surface area contributed by atoms with Crippen molar-refractivity contribution < 1.29 is 4.39 Å². The highest BCUT2D eigenvalue weighted by molar-refractivity contribution is 7.13. The molecule has 70 valence electrons. The largest absolute Gasteiger partial charge is 0.245 e. The van der Waals surface area contributed by atoms with E-state index in [1.807, 2.05) is 5.38 Å². The summed E-state index contributed by atoms with van der Waals surface area (Å²) >= 11 is 1.53. The topological polar surface area (TPSA) is 12.9 Å². The van der Waals surface area contributed by atoms with Crippen LogP contribution in [-0.4, -0.2) is 4.98 Å². The van der Waals surface area contributed by atoms with Crippen LogP contribution in [0.15, 0.2) is 36.4 Å². The third kappa shape index (κ3) is 1.59. The van der Waals surface area contributed by atoms with E-state index < -0.39 is 0 Å². The number of rotatable bonds is 2. The SMILES string of the molecule is C=Cc1cc(F)ccc1-c1nccs1. The van der Waals surface area contributed by atoms with E-state index in [9.17, 15) is 4.39 Å². The van der Waals surface area contributed by atoms with Gasteiger partial charge in [-0.1, -0.05) is 12.7 Å². The molecule has 0 radical (unpaired) electrons. The summed E-state index contributed by atoms with van der Waals surface area (Å²) in [5.74, 6) is -0.250. The molecule has 0 unspecified atom stereocenters. The van der Waals surface area contributed by atoms with E-state index in [4.69, 9.17) is 0 Å². The van der Waals surface area contributed by atoms with Crippen molar-refractivity contribution in [2.24, 2.45) is 0 Å². The number of halogens is 1. The Morgan fingerprint density at radius 2 is 2.29 bits per heavy atom. The Kier molecular flexibility index (Phi) is 2.41. The molecule has 0 N–H and O–H groups in total. The predicted molar refractivity (Wildman–Crippen MR) is 57.6 cm³/mol. The van der Waals surface area contributed by atoms with Gasteiger partial charge in [0.05, 0.1) is 0 Å². The lowest BCUT2D eigenvalue weighted by atomic mass is 10.1. The van der Waals surface area contributed by atoms with Crippen molar-refractivity contribution in [3.8, 4) is 10.6 Å². The van der Waals surface area contributed by atoms with Crippen LogP contribution in [0.1, 0.15) is 5.56 Å². The maximum Gasteiger partial charge on any atom is 0.123 e. The first kappa shape index (κ1) is 9.09. The van der Waals surface area contributed by atoms with Crippen molar-refractivity contribution in [2.75, 3.05) is 0 Å². The molecule has 14 heavy (non-hydrogen) atoms. The molecule has 0 aliphatic carbocycles. The number of hydrogen-bond donors (Lipinski definition) is 0. The molecule has 0 saturated carbocycles. The van der Waals surface area contributed by atoms with E-state index in [0.717, 1.165) is 16.1 Å². The van der Waals surface area contributed by atoms with Crippen molar-refractivity contribution in [2.45, 2.75) is 0 Å². The van der Waals surface area contributed by atoms with Crippen LogP contribution in [0.3, 0.4) is 0 Å². The van der Waals surface area contributed by atoms with E-state index in [1.54, 1.807) is 18.3 Å². The van der Waals surface area contributed by atoms with Crippen LogP contribution in [0.5, 0.6) is 0 Å². The smallest absolute Gasteiger partial charge is 0.123 e. The van der Waals surface area contributed by atoms with Crippen molar-refractivity contribution >= 4 is 17.4 Å². The fraction of sp³-hybridized carbons (Fsp3) is 0. The normalized spacial score (nSPS) is 10.1. The molecule has 2 rings (SSSR count). The van der Waals surface area contributed by atoms with Gasteiger partial charge in [-0.05, 0) is 23.8 Å². The summed E-state index contributed by atoms with van der Waals surface area (Å²) in [6.07, 6.45) is 3.37. The number of hydrogen-bond acceptors (Lipinski definition) is 2. The fourth-order valence-electron chi connectivity index (χ4n) is 1.25. The van der Waals surface area contributed by atoms with E-state index in [0.29, 0.717) is 0 Å². The zero-order valence-electron chi connectivity index (χ0n) is 7.40. The maximum absolute atomic E-state index is 12.9. The highest BCUT2D eigenvalue weighted by Crippen LogP contribution is 2.26. The lowest BCUT2D eigenvalue weighted by molar-refractivity contribution is 0.627. The molecule has 0 spiro atoms. The molecule has 0 amide bonds. The van der Waals surface area contributed by atoms with Gasteiger partial charge < -0.3 is 0 Å². The Bertz CT molecular complexity index is 448. The van der Waals surface area contributed by atoms with Crippen LogP contribution in [-0.2, 0) is 0 Å². The Labute approximate surface area is 85.6 Å². The second kappa shape index (κ2) is 3.72. The van der Waals surface area contributed by atoms with Crippen LogP contribution in [0, 0.1) is 5.82 Å². The second-order valence-corrected chi connectivity index (χ2v) is 3.67. The summed E-state index contributed by atoms with van der Waals surface area (Å²) in [4.78, 5) is 4.17. The van der Waals surface area contributed by atoms with Gasteiger partial charge in [-0.25, -0.2) is 9.37 Å². The first-order valence-corrected chi connectivity index (χ1v) is 5.01. The van der Waals surface area contributed by atoms with Crippen molar-refractivity contribution in [3.05, 3.63) is 47.7 Å². The van der Waals surface area contributed by atoms with Gasteiger partial charge >= 0.3 is 0 Å². The van der Waals surface area contributed by atoms with Gasteiger partial charge in [-0.3, -0.25) is 0 Å². The average molecular weight is 205 g/mol. The quantitative estimate of drug-likeness (QED) is 0.730. The molecule has 0 atom stereocenters. The van der Waals surface area contributed by atoms with Gasteiger partial charge in [0, 0.05) is 17.1 Å². The summed E-state index contributed by atoms with van der Waals surface area (Å²) in [5.41, 5.74) is 1.70. The molecule has 1 aromatic heterocycles. The number of thiazole rings is 1. The van der Waals surface area contributed by atoms with E-state index >= 15 is 0 Å². The van der Waals surface area contributed by atoms with Crippen molar-refractivity contribution in [1.29, 1.82) is 0 Å². The molecule has 1 heterocycles. The molecule has 0 aliphatic heterocycles. The molecule has 2 aromatic rings. The molecule has 0 bridgehead atoms. The summed E-state index contributed by atoms with van der Waals surface area (Å²) < 4.78 is 12.9. The van der Waals surface area contributed by atoms with Gasteiger partial charge in [-0.2, -0.15) is 0 Å². The standard InChI is InChI=1S/C11H8FNS/c1-2-8-7-9(12)3-4-10(8)11-13-5-6-14-11/h2-7H,1H2. The minimum atomic E-state index is -0.250. The van der Waals surface area contributed by atoms with E-state index in [2.05, 4.69) is 11.6 Å². The molecule has 3 heteroatoms. The summed E-state index contributed by atoms with van der Waals surface area (Å²) in [6, 6.07) is 4.62. The molecular formula is C11H8FNS. The molecule has 1 nitrogen and oxygen atoms in total. The Balaban J connectivity index is 2.58. The highest BCUT2D eigenvalue weighted by Gasteiger charge is 2.05. The zero-order valence-corrected chi connectivity index (χ0v) is 8.22. The lowest BCUT2D eigenvalue weighted by Gasteiger charge is -2.01. The van der Waals surface area contributed by atoms with Gasteiger partial charge in [0.25, 0.3) is 0 Å². The van der Waals surface area contributed by atoms with Crippen molar-refractivity contribution in [3.63, 3.8) is 0 Å². The minimum Gasteiger partial charge on any atom is -0.245 e. The summed E-state index contributed by atoms with van der Waals surface area (Å²) in [5, 5.41) is 2.78. The number of benzene rings is 1. The monoisotopic (exact) mass is 205 g/mol. The molecule has 1 aromatic carbocycles. The first-order valence-electron chi connectivity index (χ1n) is 4.13. The third-order valence-corrected chi connectivity index (χ3v) is 2.70. The summed E-state index contributed by atoms with van der Waals surface area (Å²) in [7, 11) is 0. The Morgan fingerprint density at radius 1 is 1.43 bits per heavy atom. The van der Waals surface area contributed by atoms with Gasteiger partial charge in [0.1, 0.15) is 10.8 Å². The average Bonchev–Trinajstić information content (AvgIpc) is 2.70. The number of nitrogens with zero attached hydrogens (tertiary/aromatic N) is 1. The molecular weight excluding hydrogens is 197 g/mol. The van der Waals surface area contributed by atoms with E-state index in [-0.39, 0.29) is 5.82 Å². The summed E-state index contributed by atoms with van der Waals surface area (Å²) in [6.45, 7) is 3.65. The third-order valence-electron chi connectivity index (χ3n) is 1.90. The van der Waals surface area contributed by atoms with Crippen LogP contribution in [0.25, 0.3) is 16.6 Å². The van der Waals surface area contributed by atoms with Gasteiger partial charge in [-0.15, -0.1) is 11.3 Å². The lowest BCUT2D eigenvalue weighted by Crippen LogP contribution is -1.83. The highest BCUT2D eigenvalue weighted by atomic mass is 32.1. The van der Waals surface area contributed by atoms with Crippen LogP contribution >= 0.6 is 11.3 Å². The number of aromatic nitrogens is 1. The Morgan fingerprint density at radius 3 is 2.93 bits per heavy atom. The van der Waals surface area contributed by atoms with E-state index in [1.165, 1.54) is 23.5 Å². The van der Waals surface area contributed by atoms with Crippen molar-refractivity contribution in [1.82, 2.24) is 4.98 Å². The minimum absolute atomic E-state index is 0.250. The Hall–Kier alpha value is -1.48. The van der Waals surface area contributed by atoms with Crippen LogP contribution < -0.4 is 0 Å². The van der Waals surface area contributed by atoms with Gasteiger partial charge in [0.15, 0.2) is 0 Å². The fourth-order valence-corrected chi connectivity index (χ4v) is 1.94. The molecule has 0 fully saturated rings. The predicted octanol–water partition coefficient (Wildman–Crippen LogP) is 3.59. The maximum atomic E-state index is 12.9. The van der Waals surface area contributed by atoms with Crippen LogP contribution in [0.4, 0.5) is 4.39 Å². The van der Waals surface area contributed by atoms with Gasteiger partial charge in [0.2, 0.25) is 0 Å². The van der Waals surface area contributed by atoms with Crippen LogP contribution in [0.2, 0.25) is 0 Å². The molecule has 0 aliphatic rings. The second-order valence-electron chi connectivity index (χ2n) is 2.77. The zero-order chi connectivity index (χ0) is 9.97. The first-order chi connectivity index (χ1) is 6.81. The molecule has 0 saturated heterocycles.